The monoisotopic (exact) mass is 916 g/mol. The predicted octanol–water partition coefficient (Wildman–Crippen LogP) is 1.97. The Morgan fingerprint density at radius 1 is 0.438 bits per heavy atom. The van der Waals surface area contributed by atoms with Crippen LogP contribution in [0.3, 0.4) is 0 Å². The third kappa shape index (κ3) is 29.0. The van der Waals surface area contributed by atoms with Crippen molar-refractivity contribution in [2.75, 3.05) is 19.6 Å². The summed E-state index contributed by atoms with van der Waals surface area (Å²) in [4.78, 5) is 114. The highest BCUT2D eigenvalue weighted by Crippen LogP contribution is 2.10. The average molecular weight is 916 g/mol. The molecule has 0 aromatic heterocycles. The summed E-state index contributed by atoms with van der Waals surface area (Å²) < 4.78 is 15.6. The molecule has 0 heterocycles. The number of rotatable bonds is 26. The van der Waals surface area contributed by atoms with E-state index in [1.54, 1.807) is 62.3 Å². The number of carbonyl (C=O) groups excluding carboxylic acids is 8. The second-order valence-electron chi connectivity index (χ2n) is 18.5. The van der Waals surface area contributed by atoms with Crippen molar-refractivity contribution in [1.82, 2.24) is 42.5 Å². The van der Waals surface area contributed by atoms with Gasteiger partial charge in [0.25, 0.3) is 0 Å². The summed E-state index contributed by atoms with van der Waals surface area (Å²) in [6, 6.07) is -7.07. The van der Waals surface area contributed by atoms with Crippen LogP contribution in [0.15, 0.2) is 0 Å². The predicted molar refractivity (Wildman–Crippen MR) is 237 cm³/mol. The van der Waals surface area contributed by atoms with Crippen LogP contribution in [0.2, 0.25) is 0 Å². The van der Waals surface area contributed by atoms with E-state index < -0.39 is 107 Å². The molecule has 11 N–H and O–H groups in total. The number of carbonyl (C=O) groups is 9. The number of unbranched alkanes of at least 4 members (excludes halogenated alkanes) is 3. The zero-order valence-electron chi connectivity index (χ0n) is 39.9. The van der Waals surface area contributed by atoms with Gasteiger partial charge in [0.2, 0.25) is 29.5 Å². The Labute approximate surface area is 377 Å². The number of hydrogen-bond donors (Lipinski definition) is 10. The van der Waals surface area contributed by atoms with Gasteiger partial charge in [0.05, 0.1) is 6.04 Å². The van der Waals surface area contributed by atoms with Crippen molar-refractivity contribution in [3.63, 3.8) is 0 Å². The van der Waals surface area contributed by atoms with Crippen molar-refractivity contribution in [2.45, 2.75) is 194 Å². The lowest BCUT2D eigenvalue weighted by Gasteiger charge is -2.25. The van der Waals surface area contributed by atoms with Crippen LogP contribution in [0.1, 0.15) is 141 Å². The molecule has 22 nitrogen and oxygen atoms in total. The molecule has 0 aliphatic heterocycles. The minimum atomic E-state index is -1.30. The molecule has 0 aromatic carbocycles. The lowest BCUT2D eigenvalue weighted by atomic mass is 10.1. The Morgan fingerprint density at radius 2 is 0.734 bits per heavy atom. The second kappa shape index (κ2) is 28.4. The molecule has 0 saturated carbocycles. The Hall–Kier alpha value is -5.41. The lowest BCUT2D eigenvalue weighted by Crippen LogP contribution is -2.58. The van der Waals surface area contributed by atoms with Crippen molar-refractivity contribution in [3.05, 3.63) is 0 Å². The highest BCUT2D eigenvalue weighted by atomic mass is 16.6. The van der Waals surface area contributed by atoms with E-state index in [0.29, 0.717) is 45.1 Å². The van der Waals surface area contributed by atoms with Crippen molar-refractivity contribution < 1.29 is 62.5 Å². The van der Waals surface area contributed by atoms with Gasteiger partial charge in [-0.1, -0.05) is 0 Å². The van der Waals surface area contributed by atoms with E-state index >= 15 is 0 Å². The number of hydrogen-bond acceptors (Lipinski definition) is 13. The van der Waals surface area contributed by atoms with Crippen molar-refractivity contribution in [2.24, 2.45) is 5.73 Å². The second-order valence-corrected chi connectivity index (χ2v) is 18.5. The third-order valence-corrected chi connectivity index (χ3v) is 8.62. The minimum Gasteiger partial charge on any atom is -0.480 e. The fourth-order valence-corrected chi connectivity index (χ4v) is 5.35. The van der Waals surface area contributed by atoms with Crippen LogP contribution in [0.5, 0.6) is 0 Å². The van der Waals surface area contributed by atoms with Crippen LogP contribution in [0, 0.1) is 0 Å². The standard InChI is InChI=1S/C42H77N9O13/c1-25(47-33(54)28(43)19-13-16-22-44-37(59)62-40(4,5)6)31(52)50-29(20-14-17-23-45-38(60)63-41(7,8)9)34(55)48-26(2)32(53)51-30(35(56)49-27(3)36(57)58)21-15-18-24-46-39(61)64-42(10,11)12/h25-30H,13-24,43H2,1-12H3,(H,44,59)(H,45,60)(H,46,61)(H,47,54)(H,48,55)(H,49,56)(H,50,52)(H,51,53)(H,57,58)/t25-,26-,27-,28+,29+,30+/m1/s1. The maximum absolute atomic E-state index is 13.7. The first-order valence-electron chi connectivity index (χ1n) is 21.8. The summed E-state index contributed by atoms with van der Waals surface area (Å²) in [7, 11) is 0. The van der Waals surface area contributed by atoms with Crippen molar-refractivity contribution in [1.29, 1.82) is 0 Å². The first-order valence-corrected chi connectivity index (χ1v) is 21.8. The van der Waals surface area contributed by atoms with Gasteiger partial charge in [0, 0.05) is 19.6 Å². The highest BCUT2D eigenvalue weighted by Gasteiger charge is 2.30. The molecule has 0 spiro atoms. The molecular weight excluding hydrogens is 839 g/mol. The van der Waals surface area contributed by atoms with E-state index in [4.69, 9.17) is 19.9 Å². The number of aliphatic carboxylic acids is 1. The molecule has 0 radical (unpaired) electrons. The summed E-state index contributed by atoms with van der Waals surface area (Å²) in [6.07, 6.45) is 0.943. The van der Waals surface area contributed by atoms with E-state index in [9.17, 15) is 48.3 Å². The van der Waals surface area contributed by atoms with E-state index in [1.807, 2.05) is 0 Å². The van der Waals surface area contributed by atoms with Gasteiger partial charge < -0.3 is 67.6 Å². The van der Waals surface area contributed by atoms with E-state index in [1.165, 1.54) is 20.8 Å². The first-order chi connectivity index (χ1) is 29.4. The highest BCUT2D eigenvalue weighted by molar-refractivity contribution is 5.96. The number of amides is 8. The van der Waals surface area contributed by atoms with Crippen LogP contribution in [-0.2, 0) is 43.0 Å². The van der Waals surface area contributed by atoms with Crippen molar-refractivity contribution >= 4 is 53.8 Å². The third-order valence-electron chi connectivity index (χ3n) is 8.62. The molecule has 0 rings (SSSR count). The SMILES string of the molecule is C[C@@H](NC(=O)[C@H](CCCCNC(=O)OC(C)(C)C)NC(=O)[C@@H](C)NC(=O)[C@H](CCCCNC(=O)OC(C)(C)C)NC(=O)[C@@H](C)NC(=O)[C@@H](N)CCCCNC(=O)OC(C)(C)C)C(=O)O. The maximum Gasteiger partial charge on any atom is 0.407 e. The molecule has 6 atom stereocenters. The van der Waals surface area contributed by atoms with Gasteiger partial charge in [-0.2, -0.15) is 0 Å². The fourth-order valence-electron chi connectivity index (χ4n) is 5.35. The lowest BCUT2D eigenvalue weighted by molar-refractivity contribution is -0.141. The number of nitrogens with two attached hydrogens (primary N) is 1. The fraction of sp³-hybridized carbons (Fsp3) is 0.786. The molecule has 0 aromatic rings. The summed E-state index contributed by atoms with van der Waals surface area (Å²) in [5.41, 5.74) is 4.01. The number of ether oxygens (including phenoxy) is 3. The summed E-state index contributed by atoms with van der Waals surface area (Å²) in [5, 5.41) is 29.8. The van der Waals surface area contributed by atoms with Crippen LogP contribution in [0.4, 0.5) is 14.4 Å². The molecule has 64 heavy (non-hydrogen) atoms. The smallest absolute Gasteiger partial charge is 0.407 e. The van der Waals surface area contributed by atoms with Crippen LogP contribution in [0.25, 0.3) is 0 Å². The van der Waals surface area contributed by atoms with Crippen LogP contribution >= 0.6 is 0 Å². The average Bonchev–Trinajstić information content (AvgIpc) is 3.13. The molecule has 0 fully saturated rings. The van der Waals surface area contributed by atoms with E-state index in [0.717, 1.165) is 0 Å². The largest absolute Gasteiger partial charge is 0.480 e. The molecule has 0 aliphatic rings. The summed E-state index contributed by atoms with van der Waals surface area (Å²) in [5.74, 6) is -4.97. The quantitative estimate of drug-likeness (QED) is 0.0438. The van der Waals surface area contributed by atoms with Gasteiger partial charge in [-0.05, 0) is 141 Å². The molecule has 368 valence electrons. The number of carboxylic acid groups (broad SMARTS) is 1. The Morgan fingerprint density at radius 3 is 1.05 bits per heavy atom. The number of carboxylic acids is 1. The number of nitrogens with one attached hydrogen (secondary N) is 8. The Balaban J connectivity index is 5.69. The van der Waals surface area contributed by atoms with Crippen molar-refractivity contribution in [3.8, 4) is 0 Å². The normalized spacial score (nSPS) is 14.4. The molecule has 0 aliphatic carbocycles. The minimum absolute atomic E-state index is 0.0505. The Kier molecular flexibility index (Phi) is 26.0. The van der Waals surface area contributed by atoms with Gasteiger partial charge >= 0.3 is 24.2 Å². The molecule has 22 heteroatoms. The van der Waals surface area contributed by atoms with Gasteiger partial charge in [-0.25, -0.2) is 14.4 Å². The molecule has 8 amide bonds. The number of alkyl carbamates (subject to hydrolysis) is 3. The molecular formula is C42H77N9O13. The zero-order valence-corrected chi connectivity index (χ0v) is 39.9. The zero-order chi connectivity index (χ0) is 49.4. The molecule has 0 unspecified atom stereocenters. The molecule has 0 bridgehead atoms. The Bertz CT molecular complexity index is 1560. The molecule has 0 saturated heterocycles. The summed E-state index contributed by atoms with van der Waals surface area (Å²) in [6.45, 7) is 20.3. The van der Waals surface area contributed by atoms with E-state index in [2.05, 4.69) is 42.5 Å². The van der Waals surface area contributed by atoms with Crippen LogP contribution < -0.4 is 48.3 Å². The van der Waals surface area contributed by atoms with E-state index in [-0.39, 0.29) is 32.4 Å². The maximum atomic E-state index is 13.7. The van der Waals surface area contributed by atoms with Gasteiger partial charge in [-0.15, -0.1) is 0 Å². The van der Waals surface area contributed by atoms with Crippen LogP contribution in [-0.4, -0.2) is 132 Å². The van der Waals surface area contributed by atoms with Gasteiger partial charge in [0.15, 0.2) is 0 Å². The topological polar surface area (TPSA) is 324 Å². The first kappa shape index (κ1) is 58.6. The van der Waals surface area contributed by atoms with Gasteiger partial charge in [0.1, 0.15) is 47.0 Å². The summed E-state index contributed by atoms with van der Waals surface area (Å²) >= 11 is 0. The van der Waals surface area contributed by atoms with Gasteiger partial charge in [-0.3, -0.25) is 28.8 Å².